The molecule has 2 aromatic carbocycles. The Labute approximate surface area is 166 Å². The Bertz CT molecular complexity index is 1020. The number of carbonyl (C=O) groups is 1. The molecule has 28 heavy (non-hydrogen) atoms. The fraction of sp³-hybridized carbons (Fsp3) is 0.250. The minimum absolute atomic E-state index is 0.0525. The number of benzene rings is 2. The van der Waals surface area contributed by atoms with Crippen LogP contribution in [0.5, 0.6) is 0 Å². The molecule has 0 aliphatic heterocycles. The van der Waals surface area contributed by atoms with Crippen molar-refractivity contribution in [2.75, 3.05) is 0 Å². The predicted molar refractivity (Wildman–Crippen MR) is 102 cm³/mol. The summed E-state index contributed by atoms with van der Waals surface area (Å²) in [5, 5.41) is 20.5. The standard InChI is InChI=1S/C20H17N5O2S/c21-11-14-5-7-15(8-6-14)13-28-18-4-2-1-3-17(18)20(26)27-12-19-22-23-24-25(19)16-9-10-16/h1-8,16H,9-10,12-13H2. The number of ether oxygens (including phenoxy) is 1. The lowest BCUT2D eigenvalue weighted by atomic mass is 10.2. The molecule has 4 rings (SSSR count). The molecule has 8 heteroatoms. The second-order valence-corrected chi connectivity index (χ2v) is 7.46. The van der Waals surface area contributed by atoms with Gasteiger partial charge in [-0.15, -0.1) is 16.9 Å². The van der Waals surface area contributed by atoms with Gasteiger partial charge in [0.1, 0.15) is 0 Å². The minimum Gasteiger partial charge on any atom is -0.454 e. The van der Waals surface area contributed by atoms with Crippen molar-refractivity contribution in [2.24, 2.45) is 0 Å². The van der Waals surface area contributed by atoms with E-state index in [0.717, 1.165) is 23.3 Å². The van der Waals surface area contributed by atoms with Gasteiger partial charge in [0.2, 0.25) is 0 Å². The highest BCUT2D eigenvalue weighted by atomic mass is 32.2. The van der Waals surface area contributed by atoms with Gasteiger partial charge in [-0.2, -0.15) is 5.26 Å². The smallest absolute Gasteiger partial charge is 0.339 e. The molecule has 1 fully saturated rings. The van der Waals surface area contributed by atoms with Crippen LogP contribution in [0, 0.1) is 11.3 Å². The molecule has 1 aliphatic rings. The van der Waals surface area contributed by atoms with Crippen molar-refractivity contribution < 1.29 is 9.53 Å². The molecule has 0 bridgehead atoms. The zero-order valence-electron chi connectivity index (χ0n) is 15.0. The van der Waals surface area contributed by atoms with E-state index in [1.54, 1.807) is 34.6 Å². The Morgan fingerprint density at radius 1 is 1.21 bits per heavy atom. The number of aromatic nitrogens is 4. The van der Waals surface area contributed by atoms with Crippen LogP contribution in [0.15, 0.2) is 53.4 Å². The molecule has 3 aromatic rings. The molecule has 7 nitrogen and oxygen atoms in total. The van der Waals surface area contributed by atoms with Crippen molar-refractivity contribution >= 4 is 17.7 Å². The van der Waals surface area contributed by atoms with Crippen molar-refractivity contribution in [3.8, 4) is 6.07 Å². The SMILES string of the molecule is N#Cc1ccc(CSc2ccccc2C(=O)OCc2nnnn2C2CC2)cc1. The fourth-order valence-corrected chi connectivity index (χ4v) is 3.71. The van der Waals surface area contributed by atoms with Crippen molar-refractivity contribution in [3.63, 3.8) is 0 Å². The van der Waals surface area contributed by atoms with E-state index in [1.165, 1.54) is 0 Å². The van der Waals surface area contributed by atoms with Crippen molar-refractivity contribution in [2.45, 2.75) is 36.1 Å². The van der Waals surface area contributed by atoms with E-state index < -0.39 is 5.97 Å². The summed E-state index contributed by atoms with van der Waals surface area (Å²) in [6, 6.07) is 17.2. The van der Waals surface area contributed by atoms with Crippen LogP contribution < -0.4 is 0 Å². The summed E-state index contributed by atoms with van der Waals surface area (Å²) in [6.07, 6.45) is 2.11. The average Bonchev–Trinajstić information content (AvgIpc) is 3.48. The molecule has 0 spiro atoms. The molecule has 0 radical (unpaired) electrons. The maximum Gasteiger partial charge on any atom is 0.339 e. The van der Waals surface area contributed by atoms with Gasteiger partial charge in [0.15, 0.2) is 12.4 Å². The first-order valence-electron chi connectivity index (χ1n) is 8.89. The lowest BCUT2D eigenvalue weighted by Gasteiger charge is -2.09. The second-order valence-electron chi connectivity index (χ2n) is 6.44. The van der Waals surface area contributed by atoms with Gasteiger partial charge in [0, 0.05) is 10.6 Å². The van der Waals surface area contributed by atoms with Crippen molar-refractivity contribution in [1.82, 2.24) is 20.2 Å². The number of carbonyl (C=O) groups excluding carboxylic acids is 1. The highest BCUT2D eigenvalue weighted by Crippen LogP contribution is 2.34. The largest absolute Gasteiger partial charge is 0.454 e. The topological polar surface area (TPSA) is 93.7 Å². The Morgan fingerprint density at radius 2 is 2.00 bits per heavy atom. The van der Waals surface area contributed by atoms with E-state index in [2.05, 4.69) is 21.6 Å². The molecular weight excluding hydrogens is 374 g/mol. The molecule has 0 saturated heterocycles. The van der Waals surface area contributed by atoms with E-state index in [1.807, 2.05) is 30.3 Å². The molecule has 1 aliphatic carbocycles. The highest BCUT2D eigenvalue weighted by molar-refractivity contribution is 7.98. The first-order valence-corrected chi connectivity index (χ1v) is 9.88. The molecule has 140 valence electrons. The second kappa shape index (κ2) is 8.23. The summed E-state index contributed by atoms with van der Waals surface area (Å²) in [4.78, 5) is 13.4. The Kier molecular flexibility index (Phi) is 5.35. The Balaban J connectivity index is 1.40. The van der Waals surface area contributed by atoms with E-state index in [0.29, 0.717) is 28.7 Å². The number of tetrazole rings is 1. The quantitative estimate of drug-likeness (QED) is 0.449. The van der Waals surface area contributed by atoms with Crippen LogP contribution in [0.2, 0.25) is 0 Å². The van der Waals surface area contributed by atoms with Crippen LogP contribution in [-0.4, -0.2) is 26.2 Å². The zero-order valence-corrected chi connectivity index (χ0v) is 15.8. The monoisotopic (exact) mass is 391 g/mol. The third-order valence-electron chi connectivity index (χ3n) is 4.37. The van der Waals surface area contributed by atoms with Gasteiger partial charge in [-0.05, 0) is 53.1 Å². The van der Waals surface area contributed by atoms with E-state index in [4.69, 9.17) is 10.00 Å². The summed E-state index contributed by atoms with van der Waals surface area (Å²) in [6.45, 7) is 0.0525. The van der Waals surface area contributed by atoms with Crippen LogP contribution >= 0.6 is 11.8 Å². The minimum atomic E-state index is -0.395. The fourth-order valence-electron chi connectivity index (χ4n) is 2.72. The van der Waals surface area contributed by atoms with Crippen LogP contribution in [-0.2, 0) is 17.1 Å². The predicted octanol–water partition coefficient (Wildman–Crippen LogP) is 3.53. The maximum absolute atomic E-state index is 12.6. The first kappa shape index (κ1) is 18.2. The molecule has 1 heterocycles. The molecule has 0 N–H and O–H groups in total. The lowest BCUT2D eigenvalue weighted by molar-refractivity contribution is 0.0452. The van der Waals surface area contributed by atoms with Gasteiger partial charge in [-0.3, -0.25) is 0 Å². The van der Waals surface area contributed by atoms with Gasteiger partial charge >= 0.3 is 5.97 Å². The Hall–Kier alpha value is -3.18. The molecular formula is C20H17N5O2S. The van der Waals surface area contributed by atoms with E-state index in [-0.39, 0.29) is 6.61 Å². The Morgan fingerprint density at radius 3 is 2.75 bits per heavy atom. The number of hydrogen-bond donors (Lipinski definition) is 0. The summed E-state index contributed by atoms with van der Waals surface area (Å²) in [7, 11) is 0. The molecule has 0 atom stereocenters. The third kappa shape index (κ3) is 4.21. The molecule has 0 unspecified atom stereocenters. The van der Waals surface area contributed by atoms with Crippen LogP contribution in [0.4, 0.5) is 0 Å². The molecule has 1 saturated carbocycles. The molecule has 0 amide bonds. The van der Waals surface area contributed by atoms with Crippen LogP contribution in [0.3, 0.4) is 0 Å². The van der Waals surface area contributed by atoms with Gasteiger partial charge < -0.3 is 4.74 Å². The average molecular weight is 391 g/mol. The number of rotatable bonds is 7. The van der Waals surface area contributed by atoms with Gasteiger partial charge in [-0.1, -0.05) is 24.3 Å². The number of hydrogen-bond acceptors (Lipinski definition) is 7. The number of nitriles is 1. The molecule has 1 aromatic heterocycles. The summed E-state index contributed by atoms with van der Waals surface area (Å²) < 4.78 is 7.20. The number of nitrogens with zero attached hydrogens (tertiary/aromatic N) is 5. The van der Waals surface area contributed by atoms with Gasteiger partial charge in [-0.25, -0.2) is 9.48 Å². The number of thioether (sulfide) groups is 1. The number of esters is 1. The summed E-state index contributed by atoms with van der Waals surface area (Å²) in [5.74, 6) is 0.863. The summed E-state index contributed by atoms with van der Waals surface area (Å²) in [5.41, 5.74) is 2.23. The van der Waals surface area contributed by atoms with Gasteiger partial charge in [0.05, 0.1) is 23.2 Å². The normalized spacial score (nSPS) is 13.1. The van der Waals surface area contributed by atoms with Gasteiger partial charge in [0.25, 0.3) is 0 Å². The maximum atomic E-state index is 12.6. The summed E-state index contributed by atoms with van der Waals surface area (Å²) >= 11 is 1.55. The zero-order chi connectivity index (χ0) is 19.3. The van der Waals surface area contributed by atoms with E-state index >= 15 is 0 Å². The first-order chi connectivity index (χ1) is 13.7. The van der Waals surface area contributed by atoms with Crippen molar-refractivity contribution in [3.05, 3.63) is 71.0 Å². The third-order valence-corrected chi connectivity index (χ3v) is 5.52. The van der Waals surface area contributed by atoms with E-state index in [9.17, 15) is 4.79 Å². The highest BCUT2D eigenvalue weighted by Gasteiger charge is 2.28. The van der Waals surface area contributed by atoms with Crippen molar-refractivity contribution in [1.29, 1.82) is 5.26 Å². The van der Waals surface area contributed by atoms with Crippen LogP contribution in [0.25, 0.3) is 0 Å². The lowest BCUT2D eigenvalue weighted by Crippen LogP contribution is -2.11. The van der Waals surface area contributed by atoms with Crippen LogP contribution in [0.1, 0.15) is 46.2 Å².